The predicted molar refractivity (Wildman–Crippen MR) is 204 cm³/mol. The average Bonchev–Trinajstić information content (AvgIpc) is 3.62. The summed E-state index contributed by atoms with van der Waals surface area (Å²) in [6, 6.07) is 19.6. The molecule has 6 rings (SSSR count). The third-order valence-electron chi connectivity index (χ3n) is 7.65. The fraction of sp³-hybridized carbons (Fsp3) is 0.118. The molecule has 6 aromatic rings. The molecule has 0 aliphatic rings. The number of hydrogen-bond donors (Lipinski definition) is 2. The van der Waals surface area contributed by atoms with E-state index in [2.05, 4.69) is 40.1 Å². The Morgan fingerprint density at radius 3 is 1.25 bits per heavy atom. The molecular formula is C34H29Cl2CoN10O8S2. The number of azo groups is 2. The van der Waals surface area contributed by atoms with Gasteiger partial charge in [0.1, 0.15) is 11.4 Å². The SMILES string of the molecule is CNS(=O)(=O)c1ccc([O-])c(N=Nc2c(C)[n-]n(-c3ccc(Cl)cc3)c2=O)c1.CNS(=O)(=O)c1ccc([O-])c(N=Nc2c(C)[n-]n(-c3ccc(Cl)cc3)c2=O)c1.[Co+3].[H+]. The minimum atomic E-state index is -3.75. The summed E-state index contributed by atoms with van der Waals surface area (Å²) < 4.78 is 54.1. The molecule has 0 fully saturated rings. The molecule has 23 heteroatoms. The van der Waals surface area contributed by atoms with Crippen LogP contribution < -0.4 is 41.0 Å². The topological polar surface area (TPSA) is 260 Å². The number of aryl methyl sites for hydroxylation is 2. The van der Waals surface area contributed by atoms with Gasteiger partial charge in [0, 0.05) is 21.4 Å². The van der Waals surface area contributed by atoms with E-state index in [4.69, 9.17) is 23.2 Å². The van der Waals surface area contributed by atoms with Gasteiger partial charge in [-0.2, -0.15) is 10.2 Å². The Morgan fingerprint density at radius 1 is 0.596 bits per heavy atom. The van der Waals surface area contributed by atoms with Crippen molar-refractivity contribution in [3.05, 3.63) is 127 Å². The summed E-state index contributed by atoms with van der Waals surface area (Å²) in [6.07, 6.45) is 0. The molecule has 0 spiro atoms. The van der Waals surface area contributed by atoms with Gasteiger partial charge in [-0.1, -0.05) is 60.7 Å². The molecule has 0 amide bonds. The molecule has 298 valence electrons. The van der Waals surface area contributed by atoms with Gasteiger partial charge >= 0.3 is 18.2 Å². The molecule has 0 unspecified atom stereocenters. The van der Waals surface area contributed by atoms with E-state index in [0.29, 0.717) is 32.8 Å². The van der Waals surface area contributed by atoms with Crippen molar-refractivity contribution in [1.29, 1.82) is 0 Å². The normalized spacial score (nSPS) is 11.8. The van der Waals surface area contributed by atoms with Crippen LogP contribution in [0.15, 0.2) is 125 Å². The maximum absolute atomic E-state index is 12.6. The van der Waals surface area contributed by atoms with Crippen LogP contribution in [0, 0.1) is 13.8 Å². The average molecular weight is 900 g/mol. The van der Waals surface area contributed by atoms with E-state index in [-0.39, 0.29) is 50.7 Å². The summed E-state index contributed by atoms with van der Waals surface area (Å²) in [5, 5.41) is 48.4. The van der Waals surface area contributed by atoms with Crippen LogP contribution >= 0.6 is 23.2 Å². The van der Waals surface area contributed by atoms with E-state index in [1.54, 1.807) is 62.4 Å². The molecule has 2 N–H and O–H groups in total. The first-order valence-electron chi connectivity index (χ1n) is 15.8. The first kappa shape index (κ1) is 44.3. The molecule has 0 saturated heterocycles. The molecule has 0 bridgehead atoms. The smallest absolute Gasteiger partial charge is 0.871 e. The van der Waals surface area contributed by atoms with Crippen molar-refractivity contribution in [2.75, 3.05) is 14.1 Å². The zero-order chi connectivity index (χ0) is 40.9. The number of rotatable bonds is 10. The van der Waals surface area contributed by atoms with Gasteiger partial charge in [0.2, 0.25) is 20.0 Å². The van der Waals surface area contributed by atoms with Crippen molar-refractivity contribution in [1.82, 2.24) is 29.0 Å². The molecule has 0 atom stereocenters. The minimum Gasteiger partial charge on any atom is -0.871 e. The molecule has 0 saturated carbocycles. The zero-order valence-corrected chi connectivity index (χ0v) is 34.0. The van der Waals surface area contributed by atoms with E-state index >= 15 is 0 Å². The summed E-state index contributed by atoms with van der Waals surface area (Å²) in [5.74, 6) is -1.07. The van der Waals surface area contributed by atoms with Crippen LogP contribution in [0.2, 0.25) is 10.0 Å². The van der Waals surface area contributed by atoms with Crippen molar-refractivity contribution < 1.29 is 45.3 Å². The molecule has 18 nitrogen and oxygen atoms in total. The number of hydrogen-bond acceptors (Lipinski definition) is 12. The molecule has 57 heavy (non-hydrogen) atoms. The van der Waals surface area contributed by atoms with E-state index in [0.717, 1.165) is 45.8 Å². The monoisotopic (exact) mass is 898 g/mol. The van der Waals surface area contributed by atoms with Crippen molar-refractivity contribution in [3.8, 4) is 22.9 Å². The minimum absolute atomic E-state index is 0. The van der Waals surface area contributed by atoms with Crippen LogP contribution in [-0.4, -0.2) is 40.3 Å². The van der Waals surface area contributed by atoms with Gasteiger partial charge in [0.05, 0.1) is 21.2 Å². The van der Waals surface area contributed by atoms with E-state index < -0.39 is 42.7 Å². The van der Waals surface area contributed by atoms with E-state index in [1.165, 1.54) is 14.1 Å². The summed E-state index contributed by atoms with van der Waals surface area (Å²) in [6.45, 7) is 3.14. The van der Waals surface area contributed by atoms with E-state index in [9.17, 15) is 36.6 Å². The number of nitrogens with zero attached hydrogens (tertiary/aromatic N) is 8. The first-order valence-corrected chi connectivity index (χ1v) is 19.6. The Morgan fingerprint density at radius 2 is 0.930 bits per heavy atom. The number of aromatic nitrogens is 4. The Hall–Kier alpha value is -5.39. The standard InChI is InChI=1S/2C17H16ClN5O4S.Co/c2*1-10-16(17(25)23(22-10)12-5-3-11(18)4-6-12)21-20-14-9-13(7-8-15(14)24)28(26,27)19-2;/h2*3-9,19H,1-2H3,(H2,20,21,22,24,25);/q;;+3/p-3. The van der Waals surface area contributed by atoms with E-state index in [1.807, 2.05) is 0 Å². The number of sulfonamides is 2. The predicted octanol–water partition coefficient (Wildman–Crippen LogP) is 4.42. The van der Waals surface area contributed by atoms with Gasteiger partial charge in [-0.15, -0.1) is 21.6 Å². The number of benzene rings is 4. The Balaban J connectivity index is 0.000000300. The Bertz CT molecular complexity index is 2630. The van der Waals surface area contributed by atoms with Gasteiger partial charge in [-0.25, -0.2) is 26.3 Å². The molecule has 2 heterocycles. The van der Waals surface area contributed by atoms with Crippen LogP contribution in [0.4, 0.5) is 22.7 Å². The Labute approximate surface area is 346 Å². The van der Waals surface area contributed by atoms with Gasteiger partial charge in [0.15, 0.2) is 0 Å². The number of halogens is 2. The van der Waals surface area contributed by atoms with Crippen molar-refractivity contribution in [2.45, 2.75) is 23.6 Å². The molecular weight excluding hydrogens is 870 g/mol. The van der Waals surface area contributed by atoms with Crippen LogP contribution in [0.3, 0.4) is 0 Å². The molecule has 2 aromatic heterocycles. The second kappa shape index (κ2) is 18.2. The van der Waals surface area contributed by atoms with Crippen molar-refractivity contribution >= 4 is 66.0 Å². The molecule has 4 aromatic carbocycles. The summed E-state index contributed by atoms with van der Waals surface area (Å²) in [7, 11) is -5.00. The van der Waals surface area contributed by atoms with Crippen LogP contribution in [-0.2, 0) is 36.8 Å². The summed E-state index contributed by atoms with van der Waals surface area (Å²) in [4.78, 5) is 24.9. The molecule has 0 aliphatic heterocycles. The first-order chi connectivity index (χ1) is 26.4. The third kappa shape index (κ3) is 10.1. The zero-order valence-electron chi connectivity index (χ0n) is 30.8. The quantitative estimate of drug-likeness (QED) is 0.183. The van der Waals surface area contributed by atoms with Crippen LogP contribution in [0.1, 0.15) is 12.8 Å². The summed E-state index contributed by atoms with van der Waals surface area (Å²) >= 11 is 11.7. The van der Waals surface area contributed by atoms with Crippen LogP contribution in [0.5, 0.6) is 11.5 Å². The largest absolute Gasteiger partial charge is 3.00 e. The van der Waals surface area contributed by atoms with Gasteiger partial charge < -0.3 is 29.8 Å². The number of nitrogens with one attached hydrogen (secondary N) is 2. The Kier molecular flexibility index (Phi) is 14.2. The van der Waals surface area contributed by atoms with Gasteiger partial charge in [-0.05, 0) is 86.9 Å². The summed E-state index contributed by atoms with van der Waals surface area (Å²) in [5.41, 5.74) is -0.0253. The van der Waals surface area contributed by atoms with Gasteiger partial charge in [0.25, 0.3) is 11.1 Å². The molecule has 0 aliphatic carbocycles. The fourth-order valence-electron chi connectivity index (χ4n) is 4.67. The third-order valence-corrected chi connectivity index (χ3v) is 11.0. The second-order valence-electron chi connectivity index (χ2n) is 11.3. The van der Waals surface area contributed by atoms with Crippen molar-refractivity contribution in [3.63, 3.8) is 0 Å². The van der Waals surface area contributed by atoms with Crippen molar-refractivity contribution in [2.24, 2.45) is 20.5 Å². The van der Waals surface area contributed by atoms with Gasteiger partial charge in [-0.3, -0.25) is 9.59 Å². The maximum atomic E-state index is 12.6. The fourth-order valence-corrected chi connectivity index (χ4v) is 6.42. The van der Waals surface area contributed by atoms with Crippen LogP contribution in [0.25, 0.3) is 11.4 Å². The maximum Gasteiger partial charge on any atom is 3.00 e. The molecule has 0 radical (unpaired) electrons. The second-order valence-corrected chi connectivity index (χ2v) is 16.0.